The van der Waals surface area contributed by atoms with Gasteiger partial charge in [0.25, 0.3) is 0 Å². The van der Waals surface area contributed by atoms with Crippen molar-refractivity contribution in [2.24, 2.45) is 0 Å². The highest BCUT2D eigenvalue weighted by Gasteiger charge is 2.54. The highest BCUT2D eigenvalue weighted by Crippen LogP contribution is 2.40. The van der Waals surface area contributed by atoms with Crippen LogP contribution < -0.4 is 5.32 Å². The van der Waals surface area contributed by atoms with E-state index in [2.05, 4.69) is 5.32 Å². The zero-order chi connectivity index (χ0) is 19.5. The van der Waals surface area contributed by atoms with Crippen molar-refractivity contribution in [3.8, 4) is 0 Å². The molecule has 0 aromatic rings. The highest BCUT2D eigenvalue weighted by atomic mass is 16.7. The Balaban J connectivity index is 2.77. The van der Waals surface area contributed by atoms with Crippen LogP contribution in [-0.2, 0) is 23.6 Å². The predicted octanol–water partition coefficient (Wildman–Crippen LogP) is 2.93. The molecule has 1 saturated heterocycles. The monoisotopic (exact) mass is 357 g/mol. The fourth-order valence-corrected chi connectivity index (χ4v) is 2.31. The first kappa shape index (κ1) is 21.8. The van der Waals surface area contributed by atoms with Crippen LogP contribution in [0.25, 0.3) is 0 Å². The Bertz CT molecular complexity index is 470. The van der Waals surface area contributed by atoms with Gasteiger partial charge in [-0.15, -0.1) is 0 Å². The molecule has 1 rings (SSSR count). The SMILES string of the molecule is CCOC(=O)CC(CNC(=O)OC(C)(C)C)B1OC(C)(C)C(C)(C)O1. The average molecular weight is 357 g/mol. The van der Waals surface area contributed by atoms with E-state index in [1.54, 1.807) is 27.7 Å². The normalized spacial score (nSPS) is 20.1. The van der Waals surface area contributed by atoms with Gasteiger partial charge in [-0.1, -0.05) is 0 Å². The van der Waals surface area contributed by atoms with Crippen LogP contribution in [0.2, 0.25) is 5.82 Å². The summed E-state index contributed by atoms with van der Waals surface area (Å²) in [5, 5.41) is 2.69. The summed E-state index contributed by atoms with van der Waals surface area (Å²) >= 11 is 0. The van der Waals surface area contributed by atoms with Gasteiger partial charge in [-0.3, -0.25) is 4.79 Å². The number of carbonyl (C=O) groups is 2. The number of alkyl carbamates (subject to hydrolysis) is 1. The molecule has 0 aromatic heterocycles. The van der Waals surface area contributed by atoms with Crippen LogP contribution in [0.1, 0.15) is 61.8 Å². The lowest BCUT2D eigenvalue weighted by Crippen LogP contribution is -2.41. The summed E-state index contributed by atoms with van der Waals surface area (Å²) in [6, 6.07) is 0. The van der Waals surface area contributed by atoms with Gasteiger partial charge in [0.15, 0.2) is 0 Å². The molecular formula is C17H32BNO6. The molecular weight excluding hydrogens is 325 g/mol. The number of rotatable bonds is 6. The summed E-state index contributed by atoms with van der Waals surface area (Å²) in [7, 11) is -0.621. The molecule has 0 aromatic carbocycles. The zero-order valence-electron chi connectivity index (χ0n) is 16.7. The molecule has 0 radical (unpaired) electrons. The molecule has 1 aliphatic rings. The molecule has 25 heavy (non-hydrogen) atoms. The summed E-state index contributed by atoms with van der Waals surface area (Å²) in [5.74, 6) is -0.735. The molecule has 1 fully saturated rings. The lowest BCUT2D eigenvalue weighted by Gasteiger charge is -2.32. The van der Waals surface area contributed by atoms with Gasteiger partial charge < -0.3 is 24.1 Å². The molecule has 1 atom stereocenters. The summed E-state index contributed by atoms with van der Waals surface area (Å²) < 4.78 is 22.3. The average Bonchev–Trinajstić information content (AvgIpc) is 2.61. The summed E-state index contributed by atoms with van der Waals surface area (Å²) in [4.78, 5) is 23.8. The van der Waals surface area contributed by atoms with Crippen molar-refractivity contribution in [1.29, 1.82) is 0 Å². The zero-order valence-corrected chi connectivity index (χ0v) is 16.7. The van der Waals surface area contributed by atoms with Gasteiger partial charge in [-0.05, 0) is 55.4 Å². The van der Waals surface area contributed by atoms with Crippen molar-refractivity contribution >= 4 is 19.2 Å². The molecule has 0 bridgehead atoms. The van der Waals surface area contributed by atoms with Crippen molar-refractivity contribution in [2.75, 3.05) is 13.2 Å². The fourth-order valence-electron chi connectivity index (χ4n) is 2.31. The second kappa shape index (κ2) is 7.95. The van der Waals surface area contributed by atoms with Crippen molar-refractivity contribution in [3.63, 3.8) is 0 Å². The molecule has 144 valence electrons. The van der Waals surface area contributed by atoms with Crippen LogP contribution in [0, 0.1) is 0 Å². The molecule has 1 amide bonds. The molecule has 0 saturated carbocycles. The first-order valence-corrected chi connectivity index (χ1v) is 8.75. The first-order valence-electron chi connectivity index (χ1n) is 8.75. The largest absolute Gasteiger partial charge is 0.466 e. The molecule has 1 unspecified atom stereocenters. The quantitative estimate of drug-likeness (QED) is 0.581. The number of hydrogen-bond donors (Lipinski definition) is 1. The molecule has 0 spiro atoms. The van der Waals surface area contributed by atoms with Gasteiger partial charge in [0.05, 0.1) is 17.8 Å². The number of nitrogens with one attached hydrogen (secondary N) is 1. The fraction of sp³-hybridized carbons (Fsp3) is 0.882. The molecule has 0 aliphatic carbocycles. The van der Waals surface area contributed by atoms with Crippen LogP contribution in [0.4, 0.5) is 4.79 Å². The number of hydrogen-bond acceptors (Lipinski definition) is 6. The van der Waals surface area contributed by atoms with E-state index in [4.69, 9.17) is 18.8 Å². The third-order valence-electron chi connectivity index (χ3n) is 4.30. The van der Waals surface area contributed by atoms with E-state index in [1.807, 2.05) is 27.7 Å². The lowest BCUT2D eigenvalue weighted by molar-refractivity contribution is -0.143. The van der Waals surface area contributed by atoms with Crippen LogP contribution in [0.5, 0.6) is 0 Å². The molecule has 8 heteroatoms. The first-order chi connectivity index (χ1) is 11.3. The van der Waals surface area contributed by atoms with Crippen LogP contribution in [-0.4, -0.2) is 49.1 Å². The Kier molecular flexibility index (Phi) is 6.92. The maximum Gasteiger partial charge on any atom is 0.463 e. The van der Waals surface area contributed by atoms with Gasteiger partial charge in [0.1, 0.15) is 5.60 Å². The summed E-state index contributed by atoms with van der Waals surface area (Å²) in [6.45, 7) is 15.4. The van der Waals surface area contributed by atoms with E-state index in [9.17, 15) is 9.59 Å². The van der Waals surface area contributed by atoms with E-state index in [0.717, 1.165) is 0 Å². The minimum absolute atomic E-state index is 0.0838. The number of esters is 1. The van der Waals surface area contributed by atoms with E-state index < -0.39 is 30.0 Å². The van der Waals surface area contributed by atoms with Crippen LogP contribution >= 0.6 is 0 Å². The van der Waals surface area contributed by atoms with Gasteiger partial charge in [0.2, 0.25) is 0 Å². The molecule has 7 nitrogen and oxygen atoms in total. The molecule has 1 aliphatic heterocycles. The Morgan fingerprint density at radius 3 is 2.08 bits per heavy atom. The minimum atomic E-state index is -0.621. The van der Waals surface area contributed by atoms with E-state index in [-0.39, 0.29) is 24.8 Å². The van der Waals surface area contributed by atoms with Crippen molar-refractivity contribution in [3.05, 3.63) is 0 Å². The number of ether oxygens (including phenoxy) is 2. The van der Waals surface area contributed by atoms with Crippen molar-refractivity contribution < 1.29 is 28.4 Å². The Morgan fingerprint density at radius 1 is 1.12 bits per heavy atom. The maximum atomic E-state index is 11.9. The third-order valence-corrected chi connectivity index (χ3v) is 4.30. The van der Waals surface area contributed by atoms with E-state index in [0.29, 0.717) is 6.61 Å². The van der Waals surface area contributed by atoms with E-state index in [1.165, 1.54) is 0 Å². The van der Waals surface area contributed by atoms with Crippen molar-refractivity contribution in [2.45, 2.75) is 84.4 Å². The van der Waals surface area contributed by atoms with Gasteiger partial charge >= 0.3 is 19.2 Å². The summed E-state index contributed by atoms with van der Waals surface area (Å²) in [6.07, 6.45) is -0.460. The summed E-state index contributed by atoms with van der Waals surface area (Å²) in [5.41, 5.74) is -1.63. The molecule has 1 heterocycles. The van der Waals surface area contributed by atoms with Crippen molar-refractivity contribution in [1.82, 2.24) is 5.32 Å². The minimum Gasteiger partial charge on any atom is -0.466 e. The topological polar surface area (TPSA) is 83.1 Å². The second-order valence-electron chi connectivity index (χ2n) is 8.28. The standard InChI is InChI=1S/C17H32BNO6/c1-9-22-13(20)10-12(11-19-14(21)23-15(2,3)4)18-24-16(5,6)17(7,8)25-18/h12H,9-11H2,1-8H3,(H,19,21). The van der Waals surface area contributed by atoms with Crippen LogP contribution in [0.15, 0.2) is 0 Å². The lowest BCUT2D eigenvalue weighted by atomic mass is 9.70. The maximum absolute atomic E-state index is 11.9. The Labute approximate surface area is 151 Å². The van der Waals surface area contributed by atoms with Gasteiger partial charge in [-0.2, -0.15) is 0 Å². The van der Waals surface area contributed by atoms with E-state index >= 15 is 0 Å². The third kappa shape index (κ3) is 6.51. The number of amides is 1. The van der Waals surface area contributed by atoms with Crippen LogP contribution in [0.3, 0.4) is 0 Å². The van der Waals surface area contributed by atoms with Gasteiger partial charge in [-0.25, -0.2) is 4.79 Å². The highest BCUT2D eigenvalue weighted by molar-refractivity contribution is 6.48. The Morgan fingerprint density at radius 2 is 1.64 bits per heavy atom. The molecule has 1 N–H and O–H groups in total. The van der Waals surface area contributed by atoms with Gasteiger partial charge in [0, 0.05) is 18.8 Å². The number of carbonyl (C=O) groups excluding carboxylic acids is 2. The second-order valence-corrected chi connectivity index (χ2v) is 8.28. The smallest absolute Gasteiger partial charge is 0.463 e. The predicted molar refractivity (Wildman–Crippen MR) is 95.3 cm³/mol. The Hall–Kier alpha value is -1.28.